The Labute approximate surface area is 118 Å². The van der Waals surface area contributed by atoms with E-state index in [4.69, 9.17) is 4.74 Å². The highest BCUT2D eigenvalue weighted by Gasteiger charge is 2.25. The fraction of sp³-hybridized carbons (Fsp3) is 1.00. The van der Waals surface area contributed by atoms with E-state index in [9.17, 15) is 10.2 Å². The minimum absolute atomic E-state index is 0.0946. The van der Waals surface area contributed by atoms with Crippen LogP contribution in [-0.2, 0) is 4.74 Å². The van der Waals surface area contributed by atoms with Crippen LogP contribution in [0.1, 0.15) is 53.9 Å². The van der Waals surface area contributed by atoms with E-state index in [0.717, 1.165) is 19.3 Å². The van der Waals surface area contributed by atoms with E-state index in [-0.39, 0.29) is 18.2 Å². The second kappa shape index (κ2) is 9.70. The lowest BCUT2D eigenvalue weighted by molar-refractivity contribution is -0.0127. The molecule has 0 aromatic rings. The minimum Gasteiger partial charge on any atom is -0.394 e. The molecule has 0 spiro atoms. The average Bonchev–Trinajstić information content (AvgIpc) is 2.38. The zero-order chi connectivity index (χ0) is 14.9. The van der Waals surface area contributed by atoms with Gasteiger partial charge in [-0.05, 0) is 32.1 Å². The third-order valence-corrected chi connectivity index (χ3v) is 3.75. The first-order valence-electron chi connectivity index (χ1n) is 7.54. The highest BCUT2D eigenvalue weighted by Crippen LogP contribution is 2.14. The summed E-state index contributed by atoms with van der Waals surface area (Å²) < 4.78 is 5.63. The van der Waals surface area contributed by atoms with Crippen LogP contribution in [-0.4, -0.2) is 47.7 Å². The third kappa shape index (κ3) is 7.88. The molecule has 0 heterocycles. The Hall–Kier alpha value is -0.160. The Morgan fingerprint density at radius 2 is 1.74 bits per heavy atom. The van der Waals surface area contributed by atoms with Gasteiger partial charge in [-0.3, -0.25) is 0 Å². The van der Waals surface area contributed by atoms with Crippen molar-refractivity contribution in [3.63, 3.8) is 0 Å². The molecule has 0 amide bonds. The lowest BCUT2D eigenvalue weighted by Crippen LogP contribution is -2.50. The number of hydrogen-bond donors (Lipinski definition) is 3. The number of aliphatic hydroxyl groups is 2. The van der Waals surface area contributed by atoms with Crippen LogP contribution in [0.5, 0.6) is 0 Å². The largest absolute Gasteiger partial charge is 0.394 e. The van der Waals surface area contributed by atoms with E-state index < -0.39 is 6.10 Å². The summed E-state index contributed by atoms with van der Waals surface area (Å²) in [6.07, 6.45) is 2.34. The third-order valence-electron chi connectivity index (χ3n) is 3.75. The summed E-state index contributed by atoms with van der Waals surface area (Å²) in [5.41, 5.74) is -0.273. The van der Waals surface area contributed by atoms with E-state index in [0.29, 0.717) is 19.1 Å². The van der Waals surface area contributed by atoms with Crippen molar-refractivity contribution < 1.29 is 14.9 Å². The zero-order valence-electron chi connectivity index (χ0n) is 13.3. The molecule has 0 radical (unpaired) electrons. The van der Waals surface area contributed by atoms with Crippen LogP contribution in [0.15, 0.2) is 0 Å². The fourth-order valence-corrected chi connectivity index (χ4v) is 2.18. The molecule has 0 bridgehead atoms. The van der Waals surface area contributed by atoms with Gasteiger partial charge in [-0.15, -0.1) is 0 Å². The highest BCUT2D eigenvalue weighted by molar-refractivity contribution is 4.85. The molecule has 2 unspecified atom stereocenters. The van der Waals surface area contributed by atoms with Crippen LogP contribution in [0.25, 0.3) is 0 Å². The van der Waals surface area contributed by atoms with Gasteiger partial charge in [-0.2, -0.15) is 0 Å². The van der Waals surface area contributed by atoms with Crippen LogP contribution >= 0.6 is 0 Å². The maximum atomic E-state index is 9.91. The van der Waals surface area contributed by atoms with Gasteiger partial charge >= 0.3 is 0 Å². The maximum Gasteiger partial charge on any atom is 0.0898 e. The van der Waals surface area contributed by atoms with Gasteiger partial charge < -0.3 is 20.3 Å². The Morgan fingerprint density at radius 1 is 1.16 bits per heavy atom. The summed E-state index contributed by atoms with van der Waals surface area (Å²) in [6, 6.07) is 0. The fourth-order valence-electron chi connectivity index (χ4n) is 2.18. The molecule has 116 valence electrons. The van der Waals surface area contributed by atoms with Crippen molar-refractivity contribution in [1.29, 1.82) is 0 Å². The summed E-state index contributed by atoms with van der Waals surface area (Å²) in [5.74, 6) is 0.604. The standard InChI is InChI=1S/C15H33NO3/c1-6-15(7-2,11-17)16-9-14(18)10-19-13(5)8-12(3)4/h12-14,16-18H,6-11H2,1-5H3. The number of ether oxygens (including phenoxy) is 1. The Kier molecular flexibility index (Phi) is 9.62. The topological polar surface area (TPSA) is 61.7 Å². The van der Waals surface area contributed by atoms with Crippen molar-refractivity contribution in [3.05, 3.63) is 0 Å². The normalized spacial score (nSPS) is 15.8. The van der Waals surface area contributed by atoms with Crippen molar-refractivity contribution >= 4 is 0 Å². The van der Waals surface area contributed by atoms with Crippen molar-refractivity contribution in [3.8, 4) is 0 Å². The van der Waals surface area contributed by atoms with Gasteiger partial charge in [0.2, 0.25) is 0 Å². The van der Waals surface area contributed by atoms with E-state index in [1.54, 1.807) is 0 Å². The van der Waals surface area contributed by atoms with Crippen LogP contribution in [0, 0.1) is 5.92 Å². The molecule has 4 heteroatoms. The second-order valence-corrected chi connectivity index (χ2v) is 5.95. The predicted octanol–water partition coefficient (Wildman–Crippen LogP) is 1.94. The molecular formula is C15H33NO3. The summed E-state index contributed by atoms with van der Waals surface area (Å²) >= 11 is 0. The molecule has 19 heavy (non-hydrogen) atoms. The lowest BCUT2D eigenvalue weighted by Gasteiger charge is -2.32. The van der Waals surface area contributed by atoms with Crippen molar-refractivity contribution in [2.75, 3.05) is 19.8 Å². The van der Waals surface area contributed by atoms with E-state index >= 15 is 0 Å². The molecule has 3 N–H and O–H groups in total. The van der Waals surface area contributed by atoms with Gasteiger partial charge in [0, 0.05) is 12.1 Å². The number of hydrogen-bond acceptors (Lipinski definition) is 4. The van der Waals surface area contributed by atoms with Crippen molar-refractivity contribution in [2.45, 2.75) is 71.6 Å². The van der Waals surface area contributed by atoms with Gasteiger partial charge in [0.05, 0.1) is 25.4 Å². The zero-order valence-corrected chi connectivity index (χ0v) is 13.3. The molecule has 2 atom stereocenters. The van der Waals surface area contributed by atoms with Crippen LogP contribution < -0.4 is 5.32 Å². The Balaban J connectivity index is 3.94. The van der Waals surface area contributed by atoms with Crippen molar-refractivity contribution in [2.24, 2.45) is 5.92 Å². The van der Waals surface area contributed by atoms with Gasteiger partial charge in [0.1, 0.15) is 0 Å². The summed E-state index contributed by atoms with van der Waals surface area (Å²) in [7, 11) is 0. The second-order valence-electron chi connectivity index (χ2n) is 5.95. The number of rotatable bonds is 11. The maximum absolute atomic E-state index is 9.91. The van der Waals surface area contributed by atoms with Crippen LogP contribution in [0.2, 0.25) is 0 Å². The smallest absolute Gasteiger partial charge is 0.0898 e. The molecule has 0 fully saturated rings. The van der Waals surface area contributed by atoms with Gasteiger partial charge in [0.15, 0.2) is 0 Å². The summed E-state index contributed by atoms with van der Waals surface area (Å²) in [5, 5.41) is 22.6. The molecular weight excluding hydrogens is 242 g/mol. The van der Waals surface area contributed by atoms with E-state index in [1.165, 1.54) is 0 Å². The predicted molar refractivity (Wildman–Crippen MR) is 79.3 cm³/mol. The van der Waals surface area contributed by atoms with Gasteiger partial charge in [-0.1, -0.05) is 27.7 Å². The molecule has 4 nitrogen and oxygen atoms in total. The lowest BCUT2D eigenvalue weighted by atomic mass is 9.94. The number of nitrogens with one attached hydrogen (secondary N) is 1. The first-order valence-corrected chi connectivity index (χ1v) is 7.54. The first kappa shape index (κ1) is 18.8. The molecule has 0 saturated carbocycles. The Morgan fingerprint density at radius 3 is 2.16 bits per heavy atom. The molecule has 0 saturated heterocycles. The molecule has 0 aliphatic rings. The number of β-amino-alcohol motifs (C(OH)–C–C–N with tert-alkyl or cyclic N) is 1. The quantitative estimate of drug-likeness (QED) is 0.539. The first-order chi connectivity index (χ1) is 8.89. The van der Waals surface area contributed by atoms with Crippen LogP contribution in [0.3, 0.4) is 0 Å². The van der Waals surface area contributed by atoms with E-state index in [1.807, 2.05) is 20.8 Å². The Bertz CT molecular complexity index is 209. The highest BCUT2D eigenvalue weighted by atomic mass is 16.5. The van der Waals surface area contributed by atoms with Gasteiger partial charge in [-0.25, -0.2) is 0 Å². The average molecular weight is 275 g/mol. The summed E-state index contributed by atoms with van der Waals surface area (Å²) in [4.78, 5) is 0. The molecule has 0 aromatic heterocycles. The summed E-state index contributed by atoms with van der Waals surface area (Å²) in [6.45, 7) is 11.3. The molecule has 0 aliphatic carbocycles. The van der Waals surface area contributed by atoms with Gasteiger partial charge in [0.25, 0.3) is 0 Å². The minimum atomic E-state index is -0.529. The molecule has 0 aromatic carbocycles. The van der Waals surface area contributed by atoms with Crippen molar-refractivity contribution in [1.82, 2.24) is 5.32 Å². The number of aliphatic hydroxyl groups excluding tert-OH is 2. The monoisotopic (exact) mass is 275 g/mol. The SMILES string of the molecule is CCC(CC)(CO)NCC(O)COC(C)CC(C)C. The van der Waals surface area contributed by atoms with Crippen LogP contribution in [0.4, 0.5) is 0 Å². The molecule has 0 rings (SSSR count). The van der Waals surface area contributed by atoms with E-state index in [2.05, 4.69) is 19.2 Å². The molecule has 0 aliphatic heterocycles.